The summed E-state index contributed by atoms with van der Waals surface area (Å²) >= 11 is 0. The lowest BCUT2D eigenvalue weighted by atomic mass is 9.87. The van der Waals surface area contributed by atoms with Gasteiger partial charge in [0.25, 0.3) is 0 Å². The fourth-order valence-electron chi connectivity index (χ4n) is 3.96. The zero-order valence-corrected chi connectivity index (χ0v) is 20.7. The van der Waals surface area contributed by atoms with Crippen molar-refractivity contribution in [3.63, 3.8) is 0 Å². The van der Waals surface area contributed by atoms with Crippen molar-refractivity contribution in [2.24, 2.45) is 5.41 Å². The number of esters is 1. The summed E-state index contributed by atoms with van der Waals surface area (Å²) in [4.78, 5) is 12.7. The van der Waals surface area contributed by atoms with E-state index in [9.17, 15) is 23.4 Å². The van der Waals surface area contributed by atoms with Crippen LogP contribution in [0.2, 0.25) is 0 Å². The second kappa shape index (κ2) is 9.79. The monoisotopic (exact) mass is 514 g/mol. The summed E-state index contributed by atoms with van der Waals surface area (Å²) in [6.45, 7) is 3.99. The number of aryl methyl sites for hydroxylation is 1. The van der Waals surface area contributed by atoms with Gasteiger partial charge in [-0.3, -0.25) is 0 Å². The average molecular weight is 515 g/mol. The molecule has 0 unspecified atom stereocenters. The number of carbonyl (C=O) groups is 1. The number of halogens is 1. The number of aliphatic hydroxyl groups excluding tert-OH is 2. The highest BCUT2D eigenvalue weighted by atomic mass is 32.2. The van der Waals surface area contributed by atoms with Crippen LogP contribution in [-0.2, 0) is 16.6 Å². The molecule has 3 aromatic carbocycles. The van der Waals surface area contributed by atoms with E-state index in [1.54, 1.807) is 30.3 Å². The van der Waals surface area contributed by atoms with Gasteiger partial charge in [0.1, 0.15) is 5.69 Å². The van der Waals surface area contributed by atoms with Crippen LogP contribution < -0.4 is 13.8 Å². The van der Waals surface area contributed by atoms with E-state index in [1.165, 1.54) is 18.2 Å². The Morgan fingerprint density at radius 3 is 2.50 bits per heavy atom. The smallest absolute Gasteiger partial charge is 0.343 e. The molecule has 1 aliphatic heterocycles. The van der Waals surface area contributed by atoms with Crippen LogP contribution >= 0.6 is 0 Å². The Kier molecular flexibility index (Phi) is 6.92. The minimum Gasteiger partial charge on any atom is -0.493 e. The van der Waals surface area contributed by atoms with Crippen molar-refractivity contribution in [1.29, 1.82) is 0 Å². The van der Waals surface area contributed by atoms with Gasteiger partial charge in [0.15, 0.2) is 11.6 Å². The van der Waals surface area contributed by atoms with E-state index in [4.69, 9.17) is 4.74 Å². The first-order chi connectivity index (χ1) is 17.0. The van der Waals surface area contributed by atoms with Gasteiger partial charge in [0, 0.05) is 12.0 Å². The van der Waals surface area contributed by atoms with Crippen LogP contribution in [0.3, 0.4) is 0 Å². The molecule has 36 heavy (non-hydrogen) atoms. The molecule has 3 N–H and O–H groups in total. The van der Waals surface area contributed by atoms with Crippen LogP contribution in [0.4, 0.5) is 10.1 Å². The molecule has 10 heteroatoms. The molecule has 4 rings (SSSR count). The summed E-state index contributed by atoms with van der Waals surface area (Å²) < 4.78 is 49.0. The number of ether oxygens (including phenoxy) is 1. The molecule has 0 saturated heterocycles. The Morgan fingerprint density at radius 2 is 1.86 bits per heavy atom. The Hall–Kier alpha value is -3.63. The van der Waals surface area contributed by atoms with Crippen molar-refractivity contribution in [1.82, 2.24) is 4.72 Å². The Balaban J connectivity index is 1.77. The molecule has 0 radical (unpaired) electrons. The summed E-state index contributed by atoms with van der Waals surface area (Å²) in [6, 6.07) is 14.6. The summed E-state index contributed by atoms with van der Waals surface area (Å²) in [5.74, 6) is -2.73. The van der Waals surface area contributed by atoms with Crippen LogP contribution in [0.1, 0.15) is 42.6 Å². The van der Waals surface area contributed by atoms with Gasteiger partial charge in [0.2, 0.25) is 5.88 Å². The third-order valence-corrected chi connectivity index (χ3v) is 7.27. The number of fused-ring (bicyclic) bond motifs is 1. The van der Waals surface area contributed by atoms with Crippen LogP contribution in [0.25, 0.3) is 10.8 Å². The van der Waals surface area contributed by atoms with E-state index >= 15 is 4.39 Å². The molecule has 0 aromatic heterocycles. The Labute approximate surface area is 208 Å². The van der Waals surface area contributed by atoms with Gasteiger partial charge in [-0.25, -0.2) is 18.2 Å². The van der Waals surface area contributed by atoms with Crippen LogP contribution in [0, 0.1) is 11.2 Å². The molecule has 0 amide bonds. The predicted molar refractivity (Wildman–Crippen MR) is 134 cm³/mol. The first-order valence-corrected chi connectivity index (χ1v) is 12.8. The lowest BCUT2D eigenvalue weighted by Crippen LogP contribution is -2.30. The number of carbonyl (C=O) groups excluding carboxylic acids is 1. The van der Waals surface area contributed by atoms with Crippen LogP contribution in [0.5, 0.6) is 5.75 Å². The SMILES string of the molecule is CC(C)(CO)CCCc1ccc2cc(OC(=O)c3ccccc3)c(N3C=C(O)NS3(=O)=O)c(F)c2c1. The first kappa shape index (κ1) is 25.5. The summed E-state index contributed by atoms with van der Waals surface area (Å²) in [5.41, 5.74) is 0.279. The Bertz CT molecular complexity index is 1440. The van der Waals surface area contributed by atoms with E-state index in [0.29, 0.717) is 16.1 Å². The second-order valence-corrected chi connectivity index (χ2v) is 11.0. The normalized spacial score (nSPS) is 15.0. The van der Waals surface area contributed by atoms with E-state index in [1.807, 2.05) is 24.6 Å². The fraction of sp³-hybridized carbons (Fsp3) is 0.269. The highest BCUT2D eigenvalue weighted by molar-refractivity contribution is 7.91. The van der Waals surface area contributed by atoms with Gasteiger partial charge in [0.05, 0.1) is 11.8 Å². The van der Waals surface area contributed by atoms with Gasteiger partial charge in [-0.05, 0) is 59.9 Å². The average Bonchev–Trinajstić information content (AvgIpc) is 3.11. The molecule has 0 saturated carbocycles. The lowest BCUT2D eigenvalue weighted by molar-refractivity contribution is 0.0735. The van der Waals surface area contributed by atoms with Gasteiger partial charge >= 0.3 is 16.2 Å². The summed E-state index contributed by atoms with van der Waals surface area (Å²) in [5, 5.41) is 19.8. The molecular formula is C26H27FN2O6S. The quantitative estimate of drug-likeness (QED) is 0.300. The van der Waals surface area contributed by atoms with Crippen molar-refractivity contribution in [3.8, 4) is 5.75 Å². The predicted octanol–water partition coefficient (Wildman–Crippen LogP) is 4.55. The molecule has 1 aliphatic rings. The van der Waals surface area contributed by atoms with Crippen molar-refractivity contribution < 1.29 is 32.6 Å². The highest BCUT2D eigenvalue weighted by Gasteiger charge is 2.35. The molecule has 1 heterocycles. The van der Waals surface area contributed by atoms with E-state index in [2.05, 4.69) is 0 Å². The lowest BCUT2D eigenvalue weighted by Gasteiger charge is -2.21. The highest BCUT2D eigenvalue weighted by Crippen LogP contribution is 2.40. The minimum atomic E-state index is -4.36. The van der Waals surface area contributed by atoms with E-state index in [-0.39, 0.29) is 28.7 Å². The van der Waals surface area contributed by atoms with Gasteiger partial charge in [-0.1, -0.05) is 44.2 Å². The summed E-state index contributed by atoms with van der Waals surface area (Å²) in [6.07, 6.45) is 2.97. The third kappa shape index (κ3) is 5.29. The van der Waals surface area contributed by atoms with Crippen molar-refractivity contribution in [3.05, 3.63) is 83.6 Å². The number of anilines is 1. The number of hydrogen-bond acceptors (Lipinski definition) is 6. The number of benzene rings is 3. The van der Waals surface area contributed by atoms with Crippen molar-refractivity contribution >= 4 is 32.6 Å². The van der Waals surface area contributed by atoms with E-state index in [0.717, 1.165) is 24.6 Å². The maximum absolute atomic E-state index is 16.0. The molecule has 0 spiro atoms. The molecule has 0 atom stereocenters. The molecule has 3 aromatic rings. The zero-order chi connectivity index (χ0) is 26.1. The van der Waals surface area contributed by atoms with Crippen LogP contribution in [-0.4, -0.2) is 31.2 Å². The standard InChI is InChI=1S/C26H27FN2O6S/c1-26(2,16-30)12-6-7-17-10-11-19-14-21(35-25(32)18-8-4-3-5-9-18)24(23(27)20(19)13-17)29-15-22(31)28-36(29,33)34/h3-5,8-11,13-15,28,30-31H,6-7,12,16H2,1-2H3. The topological polar surface area (TPSA) is 116 Å². The van der Waals surface area contributed by atoms with Gasteiger partial charge in [-0.2, -0.15) is 8.42 Å². The summed E-state index contributed by atoms with van der Waals surface area (Å²) in [7, 11) is -4.36. The maximum Gasteiger partial charge on any atom is 0.343 e. The number of hydrogen-bond donors (Lipinski definition) is 3. The number of nitrogens with zero attached hydrogens (tertiary/aromatic N) is 1. The molecule has 0 aliphatic carbocycles. The molecule has 190 valence electrons. The number of aliphatic hydroxyl groups is 2. The first-order valence-electron chi connectivity index (χ1n) is 11.4. The maximum atomic E-state index is 16.0. The van der Waals surface area contributed by atoms with Gasteiger partial charge in [-0.15, -0.1) is 0 Å². The molecule has 8 nitrogen and oxygen atoms in total. The van der Waals surface area contributed by atoms with Gasteiger partial charge < -0.3 is 14.9 Å². The van der Waals surface area contributed by atoms with Crippen molar-refractivity contribution in [2.45, 2.75) is 33.1 Å². The largest absolute Gasteiger partial charge is 0.493 e. The van der Waals surface area contributed by atoms with E-state index < -0.39 is 33.6 Å². The third-order valence-electron chi connectivity index (χ3n) is 5.99. The number of nitrogens with one attached hydrogen (secondary N) is 1. The number of rotatable bonds is 8. The molecule has 0 bridgehead atoms. The Morgan fingerprint density at radius 1 is 1.14 bits per heavy atom. The second-order valence-electron chi connectivity index (χ2n) is 9.44. The van der Waals surface area contributed by atoms with Crippen LogP contribution in [0.15, 0.2) is 66.7 Å². The minimum absolute atomic E-state index is 0.0614. The zero-order valence-electron chi connectivity index (χ0n) is 19.9. The molecule has 0 fully saturated rings. The molecular weight excluding hydrogens is 487 g/mol. The fourth-order valence-corrected chi connectivity index (χ4v) is 5.02. The van der Waals surface area contributed by atoms with Crippen molar-refractivity contribution in [2.75, 3.05) is 10.9 Å².